The number of benzene rings is 1. The first kappa shape index (κ1) is 65.3. The van der Waals surface area contributed by atoms with Gasteiger partial charge in [-0.25, -0.2) is 4.79 Å². The largest absolute Gasteiger partial charge is 0.497 e. The van der Waals surface area contributed by atoms with Gasteiger partial charge in [0, 0.05) is 60.3 Å². The van der Waals surface area contributed by atoms with Gasteiger partial charge in [0.15, 0.2) is 8.32 Å². The Kier molecular flexibility index (Phi) is 24.6. The zero-order chi connectivity index (χ0) is 56.3. The van der Waals surface area contributed by atoms with Crippen molar-refractivity contribution in [1.29, 1.82) is 0 Å². The van der Waals surface area contributed by atoms with Crippen molar-refractivity contribution in [3.05, 3.63) is 65.8 Å². The van der Waals surface area contributed by atoms with Crippen LogP contribution in [-0.2, 0) is 48.4 Å². The number of hydrogen-bond acceptors (Lipinski definition) is 12. The second kappa shape index (κ2) is 28.3. The maximum absolute atomic E-state index is 12.3. The summed E-state index contributed by atoms with van der Waals surface area (Å²) in [7, 11) is -0.360. The van der Waals surface area contributed by atoms with Crippen LogP contribution >= 0.6 is 0 Å². The molecule has 3 aliphatic heterocycles. The fourth-order valence-electron chi connectivity index (χ4n) is 11.5. The predicted molar refractivity (Wildman–Crippen MR) is 307 cm³/mol. The van der Waals surface area contributed by atoms with Crippen LogP contribution in [0.1, 0.15) is 167 Å². The maximum atomic E-state index is 12.3. The number of esters is 1. The first-order valence-electron chi connectivity index (χ1n) is 28.4. The summed E-state index contributed by atoms with van der Waals surface area (Å²) in [6.45, 7) is 38.2. The summed E-state index contributed by atoms with van der Waals surface area (Å²) < 4.78 is 58.5. The predicted octanol–water partition coefficient (Wildman–Crippen LogP) is 13.4. The van der Waals surface area contributed by atoms with Crippen LogP contribution < -0.4 is 4.74 Å². The average Bonchev–Trinajstić information content (AvgIpc) is 3.33. The van der Waals surface area contributed by atoms with E-state index in [1.54, 1.807) is 13.2 Å². The standard InChI is InChI=1S/C61H106O12Si2/c1-40(25-33-56(64)67-18)24-29-51(71-74(19,20)59(7,8)9)35-48-22-21-23-49(70-48)37-53(62)43(4)54(63)38-55(68-39-46-27-31-47(65-16)32-28-46)44(5)58-45(6)57(72-75(73-58,60(10,11)12)61(13,14)15)41(2)26-30-50-36-52(66-17)34-42(3)69-50/h21-22,24-25,27-28,31-33,41-45,48-55,57-58,62-63H,23,26,29-30,34-39H2,1-20H3/b33-25+,40-24+/t41-,42-,43+,44-,45-,48-,49-,50-,51-,52+,53+,54-,55+,57-,58-/m0/s1. The molecule has 2 saturated heterocycles. The van der Waals surface area contributed by atoms with Crippen LogP contribution in [0, 0.1) is 23.7 Å². The van der Waals surface area contributed by atoms with E-state index >= 15 is 0 Å². The number of allylic oxidation sites excluding steroid dienone is 2. The van der Waals surface area contributed by atoms with E-state index in [4.69, 9.17) is 41.7 Å². The third-order valence-corrected chi connectivity index (χ3v) is 26.9. The average molecular weight is 1090 g/mol. The monoisotopic (exact) mass is 1090 g/mol. The third kappa shape index (κ3) is 18.4. The van der Waals surface area contributed by atoms with Crippen molar-refractivity contribution in [3.63, 3.8) is 0 Å². The van der Waals surface area contributed by atoms with E-state index in [1.807, 2.05) is 45.2 Å². The van der Waals surface area contributed by atoms with E-state index in [0.717, 1.165) is 42.6 Å². The van der Waals surface area contributed by atoms with Gasteiger partial charge in [0.25, 0.3) is 0 Å². The number of hydrogen-bond donors (Lipinski definition) is 2. The molecule has 0 saturated carbocycles. The molecule has 12 nitrogen and oxygen atoms in total. The Morgan fingerprint density at radius 3 is 2.08 bits per heavy atom. The van der Waals surface area contributed by atoms with Gasteiger partial charge in [-0.15, -0.1) is 0 Å². The molecular weight excluding hydrogens is 981 g/mol. The third-order valence-electron chi connectivity index (χ3n) is 17.2. The quantitative estimate of drug-likeness (QED) is 0.0317. The van der Waals surface area contributed by atoms with Gasteiger partial charge in [0.2, 0.25) is 0 Å². The van der Waals surface area contributed by atoms with Crippen LogP contribution in [0.5, 0.6) is 5.75 Å². The number of methoxy groups -OCH3 is 3. The molecule has 75 heavy (non-hydrogen) atoms. The second-order valence-electron chi connectivity index (χ2n) is 26.4. The molecule has 14 heteroatoms. The lowest BCUT2D eigenvalue weighted by atomic mass is 9.79. The fraction of sp³-hybridized carbons (Fsp3) is 0.787. The molecule has 2 N–H and O–H groups in total. The zero-order valence-corrected chi connectivity index (χ0v) is 52.4. The van der Waals surface area contributed by atoms with E-state index in [-0.39, 0.29) is 81.7 Å². The van der Waals surface area contributed by atoms with Crippen molar-refractivity contribution in [2.75, 3.05) is 21.3 Å². The minimum absolute atomic E-state index is 0.0140. The van der Waals surface area contributed by atoms with Crippen LogP contribution in [0.4, 0.5) is 0 Å². The molecule has 15 atom stereocenters. The normalized spacial score (nSPS) is 28.1. The van der Waals surface area contributed by atoms with Gasteiger partial charge in [-0.2, -0.15) is 0 Å². The molecule has 4 rings (SSSR count). The highest BCUT2D eigenvalue weighted by Crippen LogP contribution is 2.57. The molecule has 3 aliphatic rings. The molecular formula is C61H106O12Si2. The minimum atomic E-state index is -3.05. The van der Waals surface area contributed by atoms with Crippen LogP contribution in [0.25, 0.3) is 0 Å². The first-order chi connectivity index (χ1) is 34.8. The number of rotatable bonds is 25. The molecule has 0 unspecified atom stereocenters. The van der Waals surface area contributed by atoms with Gasteiger partial charge in [-0.3, -0.25) is 0 Å². The number of aliphatic hydroxyl groups is 2. The smallest absolute Gasteiger partial charge is 0.349 e. The van der Waals surface area contributed by atoms with Gasteiger partial charge in [0.05, 0.1) is 88.0 Å². The molecule has 0 amide bonds. The minimum Gasteiger partial charge on any atom is -0.497 e. The molecule has 0 bridgehead atoms. The van der Waals surface area contributed by atoms with Gasteiger partial charge in [-0.1, -0.05) is 132 Å². The van der Waals surface area contributed by atoms with E-state index in [0.29, 0.717) is 38.7 Å². The van der Waals surface area contributed by atoms with E-state index < -0.39 is 47.1 Å². The Hall–Kier alpha value is -2.22. The molecule has 1 aromatic carbocycles. The molecule has 0 radical (unpaired) electrons. The lowest BCUT2D eigenvalue weighted by Crippen LogP contribution is -2.68. The van der Waals surface area contributed by atoms with E-state index in [9.17, 15) is 15.0 Å². The van der Waals surface area contributed by atoms with Crippen molar-refractivity contribution >= 4 is 22.8 Å². The van der Waals surface area contributed by atoms with Crippen molar-refractivity contribution < 1.29 is 56.7 Å². The maximum Gasteiger partial charge on any atom is 0.349 e. The first-order valence-corrected chi connectivity index (χ1v) is 33.1. The van der Waals surface area contributed by atoms with Crippen LogP contribution in [0.2, 0.25) is 28.2 Å². The second-order valence-corrected chi connectivity index (χ2v) is 35.8. The molecule has 0 aromatic heterocycles. The highest BCUT2D eigenvalue weighted by atomic mass is 28.4. The molecule has 0 aliphatic carbocycles. The Balaban J connectivity index is 1.57. The molecule has 1 aromatic rings. The van der Waals surface area contributed by atoms with Gasteiger partial charge in [-0.05, 0) is 94.1 Å². The Morgan fingerprint density at radius 1 is 0.853 bits per heavy atom. The van der Waals surface area contributed by atoms with E-state index in [2.05, 4.69) is 121 Å². The lowest BCUT2D eigenvalue weighted by molar-refractivity contribution is -0.139. The number of carbonyl (C=O) groups excluding carboxylic acids is 1. The number of ether oxygens (including phenoxy) is 6. The SMILES string of the molecule is COC(=O)/C=C/C(C)=C/C[C@@H](C[C@@H]1C=CC[C@@H](C[C@@H](O)[C@@H](C)[C@@H](O)C[C@@H](OCc2ccc(OC)cc2)[C@H](C)[C@@H]2O[Si](C(C)(C)C)(C(C)(C)C)O[C@@H]([C@@H](C)CC[C@H]3C[C@H](OC)C[C@H](C)O3)[C@@H]2C)O1)O[Si](C)(C)C(C)(C)C. The summed E-state index contributed by atoms with van der Waals surface area (Å²) in [6.07, 6.45) is 13.5. The topological polar surface area (TPSA) is 141 Å². The van der Waals surface area contributed by atoms with Crippen LogP contribution in [0.15, 0.2) is 60.2 Å². The van der Waals surface area contributed by atoms with Gasteiger partial charge in [0.1, 0.15) is 5.75 Å². The van der Waals surface area contributed by atoms with Crippen molar-refractivity contribution in [2.45, 2.75) is 264 Å². The zero-order valence-electron chi connectivity index (χ0n) is 50.4. The Bertz CT molecular complexity index is 1950. The summed E-state index contributed by atoms with van der Waals surface area (Å²) in [5.41, 5.74) is 1.95. The Labute approximate surface area is 457 Å². The Morgan fingerprint density at radius 2 is 1.49 bits per heavy atom. The van der Waals surface area contributed by atoms with E-state index in [1.165, 1.54) is 13.2 Å². The van der Waals surface area contributed by atoms with Crippen molar-refractivity contribution in [3.8, 4) is 5.75 Å². The van der Waals surface area contributed by atoms with Crippen LogP contribution in [-0.4, -0.2) is 122 Å². The number of carbonyl (C=O) groups is 1. The summed E-state index contributed by atoms with van der Waals surface area (Å²) in [6, 6.07) is 7.93. The summed E-state index contributed by atoms with van der Waals surface area (Å²) in [5, 5.41) is 23.8. The van der Waals surface area contributed by atoms with Crippen molar-refractivity contribution in [1.82, 2.24) is 0 Å². The highest BCUT2D eigenvalue weighted by molar-refractivity contribution is 6.74. The summed E-state index contributed by atoms with van der Waals surface area (Å²) in [5.74, 6) is 0.0116. The molecule has 2 fully saturated rings. The number of aliphatic hydroxyl groups excluding tert-OH is 2. The molecule has 0 spiro atoms. The van der Waals surface area contributed by atoms with Gasteiger partial charge < -0.3 is 51.9 Å². The van der Waals surface area contributed by atoms with Crippen molar-refractivity contribution in [2.24, 2.45) is 23.7 Å². The lowest BCUT2D eigenvalue weighted by Gasteiger charge is -2.59. The molecule has 3 heterocycles. The van der Waals surface area contributed by atoms with Gasteiger partial charge >= 0.3 is 14.5 Å². The summed E-state index contributed by atoms with van der Waals surface area (Å²) in [4.78, 5) is 11.8. The van der Waals surface area contributed by atoms with Crippen LogP contribution in [0.3, 0.4) is 0 Å². The summed E-state index contributed by atoms with van der Waals surface area (Å²) >= 11 is 0. The fourth-order valence-corrected chi connectivity index (χ4v) is 18.3. The highest BCUT2D eigenvalue weighted by Gasteiger charge is 2.64. The molecule has 430 valence electrons.